The van der Waals surface area contributed by atoms with Gasteiger partial charge in [0.1, 0.15) is 35.8 Å². The van der Waals surface area contributed by atoms with Gasteiger partial charge in [0.2, 0.25) is 0 Å². The topological polar surface area (TPSA) is 41.9 Å². The number of hydrogen-bond donors (Lipinski definition) is 1. The molecule has 35 heavy (non-hydrogen) atoms. The quantitative estimate of drug-likeness (QED) is 0.441. The molecule has 2 aliphatic rings. The van der Waals surface area contributed by atoms with Crippen LogP contribution in [0.3, 0.4) is 0 Å². The zero-order valence-corrected chi connectivity index (χ0v) is 19.9. The van der Waals surface area contributed by atoms with E-state index in [0.717, 1.165) is 58.8 Å². The molecule has 0 radical (unpaired) electrons. The highest BCUT2D eigenvalue weighted by Gasteiger charge is 2.30. The van der Waals surface area contributed by atoms with Gasteiger partial charge in [0.05, 0.1) is 6.67 Å². The first-order valence-electron chi connectivity index (χ1n) is 11.9. The minimum atomic E-state index is -0.399. The van der Waals surface area contributed by atoms with Crippen LogP contribution in [0.2, 0.25) is 0 Å². The first kappa shape index (κ1) is 23.4. The molecule has 0 bridgehead atoms. The molecule has 5 rings (SSSR count). The second-order valence-corrected chi connectivity index (χ2v) is 9.37. The van der Waals surface area contributed by atoms with E-state index >= 15 is 0 Å². The predicted molar refractivity (Wildman–Crippen MR) is 133 cm³/mol. The van der Waals surface area contributed by atoms with Gasteiger partial charge in [-0.2, -0.15) is 0 Å². The molecular formula is C29H29F2NO3. The number of hydrogen-bond acceptors (Lipinski definition) is 4. The minimum Gasteiger partial charge on any atom is -0.508 e. The molecule has 0 aromatic heterocycles. The fraction of sp³-hybridized carbons (Fsp3) is 0.310. The number of likely N-dealkylation sites (tertiary alicyclic amines) is 1. The summed E-state index contributed by atoms with van der Waals surface area (Å²) >= 11 is 0. The Morgan fingerprint density at radius 2 is 1.77 bits per heavy atom. The fourth-order valence-electron chi connectivity index (χ4n) is 4.94. The van der Waals surface area contributed by atoms with Crippen LogP contribution in [0.25, 0.3) is 11.1 Å². The molecule has 1 fully saturated rings. The van der Waals surface area contributed by atoms with E-state index in [4.69, 9.17) is 9.47 Å². The second-order valence-electron chi connectivity index (χ2n) is 9.37. The van der Waals surface area contributed by atoms with Gasteiger partial charge >= 0.3 is 0 Å². The van der Waals surface area contributed by atoms with Crippen LogP contribution in [0.15, 0.2) is 60.7 Å². The first-order chi connectivity index (χ1) is 16.9. The van der Waals surface area contributed by atoms with Crippen molar-refractivity contribution >= 4 is 11.1 Å². The van der Waals surface area contributed by atoms with Crippen LogP contribution < -0.4 is 9.47 Å². The Kier molecular flexibility index (Phi) is 6.48. The number of phenols is 1. The number of fused-ring (bicyclic) bond motifs is 1. The van der Waals surface area contributed by atoms with Gasteiger partial charge in [0, 0.05) is 36.7 Å². The van der Waals surface area contributed by atoms with E-state index in [1.54, 1.807) is 24.3 Å². The summed E-state index contributed by atoms with van der Waals surface area (Å²) in [5.41, 5.74) is 5.41. The molecule has 0 aliphatic carbocycles. The average molecular weight is 478 g/mol. The van der Waals surface area contributed by atoms with Crippen LogP contribution >= 0.6 is 0 Å². The van der Waals surface area contributed by atoms with Crippen molar-refractivity contribution in [1.29, 1.82) is 0 Å². The van der Waals surface area contributed by atoms with E-state index in [2.05, 4.69) is 4.90 Å². The molecule has 0 saturated carbocycles. The summed E-state index contributed by atoms with van der Waals surface area (Å²) in [6.07, 6.45) is -0.399. The highest BCUT2D eigenvalue weighted by atomic mass is 19.1. The van der Waals surface area contributed by atoms with Crippen LogP contribution in [0.5, 0.6) is 17.2 Å². The summed E-state index contributed by atoms with van der Waals surface area (Å²) in [6.45, 7) is 6.58. The van der Waals surface area contributed by atoms with E-state index < -0.39 is 6.10 Å². The average Bonchev–Trinajstić information content (AvgIpc) is 2.82. The number of allylic oxidation sites excluding steroid dienone is 1. The van der Waals surface area contributed by atoms with Gasteiger partial charge in [-0.3, -0.25) is 9.29 Å². The number of phenolic OH excluding ortho intramolecular Hbond substituents is 1. The van der Waals surface area contributed by atoms with Gasteiger partial charge in [0.15, 0.2) is 0 Å². The maximum Gasteiger partial charge on any atom is 0.150 e. The van der Waals surface area contributed by atoms with E-state index in [0.29, 0.717) is 12.4 Å². The Bertz CT molecular complexity index is 1250. The van der Waals surface area contributed by atoms with E-state index in [1.807, 2.05) is 38.1 Å². The Hall–Kier alpha value is -3.38. The molecule has 1 atom stereocenters. The monoisotopic (exact) mass is 477 g/mol. The van der Waals surface area contributed by atoms with Crippen molar-refractivity contribution in [3.63, 3.8) is 0 Å². The number of nitrogens with zero attached hydrogens (tertiary/aromatic N) is 1. The summed E-state index contributed by atoms with van der Waals surface area (Å²) in [6, 6.07) is 17.7. The molecule has 1 N–H and O–H groups in total. The summed E-state index contributed by atoms with van der Waals surface area (Å²) < 4.78 is 38.8. The van der Waals surface area contributed by atoms with Gasteiger partial charge in [-0.05, 0) is 78.6 Å². The Balaban J connectivity index is 1.40. The highest BCUT2D eigenvalue weighted by Crippen LogP contribution is 2.48. The third-order valence-corrected chi connectivity index (χ3v) is 6.87. The predicted octanol–water partition coefficient (Wildman–Crippen LogP) is 6.18. The largest absolute Gasteiger partial charge is 0.508 e. The molecule has 0 spiro atoms. The molecule has 0 unspecified atom stereocenters. The van der Waals surface area contributed by atoms with Crippen LogP contribution in [-0.2, 0) is 0 Å². The molecule has 3 aromatic carbocycles. The fourth-order valence-corrected chi connectivity index (χ4v) is 4.94. The van der Waals surface area contributed by atoms with Crippen LogP contribution in [0.1, 0.15) is 35.3 Å². The minimum absolute atomic E-state index is 0.167. The molecule has 2 heterocycles. The van der Waals surface area contributed by atoms with Gasteiger partial charge < -0.3 is 14.6 Å². The van der Waals surface area contributed by atoms with Gasteiger partial charge in [-0.1, -0.05) is 18.2 Å². The molecule has 1 saturated heterocycles. The Morgan fingerprint density at radius 3 is 2.49 bits per heavy atom. The standard InChI is InChI=1S/C29H29F2NO3/c1-18-13-22(31)5-9-25(18)28-19(2)26-14-23(33)6-10-27(26)35-29(28)21-3-7-24(8-4-21)34-12-11-32-16-20(15-30)17-32/h3-10,13-14,20,29,33H,11-12,15-17H2,1-2H3/t29-/m0/s1. The Labute approximate surface area is 204 Å². The van der Waals surface area contributed by atoms with E-state index in [-0.39, 0.29) is 24.2 Å². The maximum absolute atomic E-state index is 13.9. The van der Waals surface area contributed by atoms with E-state index in [1.165, 1.54) is 12.1 Å². The Morgan fingerprint density at radius 1 is 1.00 bits per heavy atom. The SMILES string of the molecule is CC1=C(c2ccc(F)cc2C)[C@H](c2ccc(OCCN3CC(CF)C3)cc2)Oc2ccc(O)cc21. The zero-order valence-electron chi connectivity index (χ0n) is 19.9. The lowest BCUT2D eigenvalue weighted by molar-refractivity contribution is 0.0668. The second kappa shape index (κ2) is 9.70. The third kappa shape index (κ3) is 4.76. The lowest BCUT2D eigenvalue weighted by Gasteiger charge is -2.37. The maximum atomic E-state index is 13.9. The first-order valence-corrected chi connectivity index (χ1v) is 11.9. The number of aryl methyl sites for hydroxylation is 1. The van der Waals surface area contributed by atoms with Crippen LogP contribution in [0, 0.1) is 18.7 Å². The summed E-state index contributed by atoms with van der Waals surface area (Å²) in [5.74, 6) is 1.51. The van der Waals surface area contributed by atoms with Crippen molar-refractivity contribution in [1.82, 2.24) is 4.90 Å². The number of halogens is 2. The smallest absolute Gasteiger partial charge is 0.150 e. The van der Waals surface area contributed by atoms with Crippen molar-refractivity contribution < 1.29 is 23.4 Å². The number of ether oxygens (including phenoxy) is 2. The number of rotatable bonds is 7. The summed E-state index contributed by atoms with van der Waals surface area (Å²) in [5, 5.41) is 10.1. The van der Waals surface area contributed by atoms with Crippen LogP contribution in [-0.4, -0.2) is 42.9 Å². The molecule has 2 aliphatic heterocycles. The number of aromatic hydroxyl groups is 1. The van der Waals surface area contributed by atoms with Gasteiger partial charge in [0.25, 0.3) is 0 Å². The van der Waals surface area contributed by atoms with Crippen molar-refractivity contribution in [2.75, 3.05) is 32.9 Å². The van der Waals surface area contributed by atoms with Crippen molar-refractivity contribution in [3.8, 4) is 17.2 Å². The lowest BCUT2D eigenvalue weighted by atomic mass is 9.84. The van der Waals surface area contributed by atoms with Gasteiger partial charge in [-0.15, -0.1) is 0 Å². The number of benzene rings is 3. The lowest BCUT2D eigenvalue weighted by Crippen LogP contribution is -2.49. The highest BCUT2D eigenvalue weighted by molar-refractivity contribution is 5.96. The van der Waals surface area contributed by atoms with E-state index in [9.17, 15) is 13.9 Å². The molecule has 3 aromatic rings. The van der Waals surface area contributed by atoms with Crippen molar-refractivity contribution in [3.05, 3.63) is 88.7 Å². The van der Waals surface area contributed by atoms with Crippen molar-refractivity contribution in [2.24, 2.45) is 5.92 Å². The molecule has 0 amide bonds. The van der Waals surface area contributed by atoms with Crippen LogP contribution in [0.4, 0.5) is 8.78 Å². The third-order valence-electron chi connectivity index (χ3n) is 6.87. The molecule has 4 nitrogen and oxygen atoms in total. The zero-order chi connectivity index (χ0) is 24.5. The summed E-state index contributed by atoms with van der Waals surface area (Å²) in [4.78, 5) is 2.19. The number of alkyl halides is 1. The molecule has 6 heteroatoms. The van der Waals surface area contributed by atoms with Gasteiger partial charge in [-0.25, -0.2) is 4.39 Å². The van der Waals surface area contributed by atoms with Crippen molar-refractivity contribution in [2.45, 2.75) is 20.0 Å². The molecular weight excluding hydrogens is 448 g/mol. The summed E-state index contributed by atoms with van der Waals surface area (Å²) in [7, 11) is 0. The normalized spacial score (nSPS) is 18.1. The molecule has 182 valence electrons.